The van der Waals surface area contributed by atoms with E-state index < -0.39 is 24.0 Å². The molecule has 1 atom stereocenters. The minimum atomic E-state index is -1.19. The van der Waals surface area contributed by atoms with E-state index in [4.69, 9.17) is 0 Å². The van der Waals surface area contributed by atoms with E-state index in [-0.39, 0.29) is 6.61 Å². The van der Waals surface area contributed by atoms with Crippen LogP contribution in [0.5, 0.6) is 0 Å². The van der Waals surface area contributed by atoms with Crippen molar-refractivity contribution >= 4 is 17.9 Å². The van der Waals surface area contributed by atoms with Crippen molar-refractivity contribution in [2.45, 2.75) is 20.0 Å². The fourth-order valence-corrected chi connectivity index (χ4v) is 0.675. The van der Waals surface area contributed by atoms with Crippen LogP contribution in [-0.4, -0.2) is 37.7 Å². The van der Waals surface area contributed by atoms with E-state index in [9.17, 15) is 14.4 Å². The largest absolute Gasteiger partial charge is 0.466 e. The highest BCUT2D eigenvalue weighted by Gasteiger charge is 2.23. The maximum atomic E-state index is 11.0. The lowest BCUT2D eigenvalue weighted by molar-refractivity contribution is -0.171. The van der Waals surface area contributed by atoms with Gasteiger partial charge in [0.25, 0.3) is 0 Å². The Morgan fingerprint density at radius 2 is 1.71 bits per heavy atom. The van der Waals surface area contributed by atoms with Crippen LogP contribution in [0.15, 0.2) is 0 Å². The molecule has 0 heterocycles. The minimum absolute atomic E-state index is 0.332. The second-order valence-corrected chi connectivity index (χ2v) is 2.42. The van der Waals surface area contributed by atoms with Gasteiger partial charge in [-0.2, -0.15) is 0 Å². The molecule has 0 radical (unpaired) electrons. The summed E-state index contributed by atoms with van der Waals surface area (Å²) in [7, 11) is 1.15. The zero-order valence-corrected chi connectivity index (χ0v) is 8.23. The van der Waals surface area contributed by atoms with Gasteiger partial charge in [0.1, 0.15) is 6.61 Å². The summed E-state index contributed by atoms with van der Waals surface area (Å²) in [6, 6.07) is 0. The second-order valence-electron chi connectivity index (χ2n) is 2.42. The van der Waals surface area contributed by atoms with Crippen LogP contribution in [0.25, 0.3) is 0 Å². The average Bonchev–Trinajstić information content (AvgIpc) is 2.10. The van der Waals surface area contributed by atoms with Crippen molar-refractivity contribution in [3.05, 3.63) is 0 Å². The monoisotopic (exact) mass is 204 g/mol. The first-order valence-corrected chi connectivity index (χ1v) is 3.85. The Labute approximate surface area is 81.1 Å². The predicted molar refractivity (Wildman–Crippen MR) is 44.2 cm³/mol. The molecule has 0 saturated heterocycles. The van der Waals surface area contributed by atoms with Crippen LogP contribution in [0.2, 0.25) is 0 Å². The Bertz CT molecular complexity index is 234. The lowest BCUT2D eigenvalue weighted by Crippen LogP contribution is -2.32. The van der Waals surface area contributed by atoms with Crippen molar-refractivity contribution < 1.29 is 28.6 Å². The first-order valence-electron chi connectivity index (χ1n) is 3.85. The normalized spacial score (nSPS) is 11.4. The van der Waals surface area contributed by atoms with Crippen LogP contribution in [0.1, 0.15) is 13.8 Å². The molecule has 0 aliphatic rings. The molecule has 6 heteroatoms. The van der Waals surface area contributed by atoms with E-state index in [1.807, 2.05) is 0 Å². The van der Waals surface area contributed by atoms with Crippen LogP contribution in [0, 0.1) is 0 Å². The molecule has 0 spiro atoms. The lowest BCUT2D eigenvalue weighted by Gasteiger charge is -2.13. The molecule has 0 bridgehead atoms. The predicted octanol–water partition coefficient (Wildman–Crippen LogP) is -0.346. The number of carbonyl (C=O) groups is 3. The van der Waals surface area contributed by atoms with Gasteiger partial charge in [0, 0.05) is 13.8 Å². The molecule has 0 N–H and O–H groups in total. The van der Waals surface area contributed by atoms with Gasteiger partial charge < -0.3 is 14.2 Å². The van der Waals surface area contributed by atoms with E-state index in [1.54, 1.807) is 0 Å². The van der Waals surface area contributed by atoms with Crippen molar-refractivity contribution in [2.75, 3.05) is 13.7 Å². The minimum Gasteiger partial charge on any atom is -0.466 e. The fourth-order valence-electron chi connectivity index (χ4n) is 0.675. The fraction of sp³-hybridized carbons (Fsp3) is 0.625. The molecule has 0 saturated carbocycles. The Balaban J connectivity index is 4.17. The third-order valence-electron chi connectivity index (χ3n) is 1.21. The van der Waals surface area contributed by atoms with Crippen LogP contribution in [0.4, 0.5) is 0 Å². The molecule has 80 valence electrons. The van der Waals surface area contributed by atoms with Gasteiger partial charge in [-0.15, -0.1) is 0 Å². The van der Waals surface area contributed by atoms with Gasteiger partial charge in [-0.25, -0.2) is 4.79 Å². The van der Waals surface area contributed by atoms with E-state index in [1.165, 1.54) is 6.92 Å². The summed E-state index contributed by atoms with van der Waals surface area (Å²) >= 11 is 0. The molecular formula is C8H12O6. The molecule has 0 aromatic heterocycles. The van der Waals surface area contributed by atoms with E-state index in [2.05, 4.69) is 14.2 Å². The lowest BCUT2D eigenvalue weighted by atomic mass is 10.4. The number of hydrogen-bond donors (Lipinski definition) is 0. The van der Waals surface area contributed by atoms with Crippen molar-refractivity contribution in [2.24, 2.45) is 0 Å². The van der Waals surface area contributed by atoms with Crippen molar-refractivity contribution in [1.82, 2.24) is 0 Å². The number of methoxy groups -OCH3 is 1. The first kappa shape index (κ1) is 12.4. The molecule has 14 heavy (non-hydrogen) atoms. The van der Waals surface area contributed by atoms with Gasteiger partial charge in [0.05, 0.1) is 7.11 Å². The number of esters is 3. The Morgan fingerprint density at radius 1 is 1.14 bits per heavy atom. The molecule has 0 aliphatic carbocycles. The number of rotatable bonds is 4. The summed E-state index contributed by atoms with van der Waals surface area (Å²) in [4.78, 5) is 31.9. The number of hydrogen-bond acceptors (Lipinski definition) is 6. The van der Waals surface area contributed by atoms with Gasteiger partial charge in [-0.1, -0.05) is 0 Å². The highest BCUT2D eigenvalue weighted by atomic mass is 16.6. The quantitative estimate of drug-likeness (QED) is 0.460. The molecule has 0 fully saturated rings. The van der Waals surface area contributed by atoms with Gasteiger partial charge in [0.15, 0.2) is 0 Å². The van der Waals surface area contributed by atoms with Crippen LogP contribution >= 0.6 is 0 Å². The average molecular weight is 204 g/mol. The standard InChI is InChI=1S/C8H12O6/c1-5(9)13-4-7(8(11)12-3)14-6(2)10/h7H,4H2,1-3H3/t7-/m0/s1. The molecular weight excluding hydrogens is 192 g/mol. The van der Waals surface area contributed by atoms with Crippen LogP contribution in [0.3, 0.4) is 0 Å². The molecule has 0 amide bonds. The van der Waals surface area contributed by atoms with Crippen molar-refractivity contribution in [3.63, 3.8) is 0 Å². The molecule has 0 unspecified atom stereocenters. The Hall–Kier alpha value is -1.59. The van der Waals surface area contributed by atoms with Crippen LogP contribution in [-0.2, 0) is 28.6 Å². The topological polar surface area (TPSA) is 78.9 Å². The van der Waals surface area contributed by atoms with E-state index in [0.717, 1.165) is 14.0 Å². The summed E-state index contributed by atoms with van der Waals surface area (Å²) in [5.74, 6) is -1.97. The van der Waals surface area contributed by atoms with Gasteiger partial charge >= 0.3 is 17.9 Å². The first-order chi connectivity index (χ1) is 6.47. The molecule has 0 aromatic rings. The summed E-state index contributed by atoms with van der Waals surface area (Å²) < 4.78 is 13.4. The van der Waals surface area contributed by atoms with Gasteiger partial charge in [0.2, 0.25) is 6.10 Å². The van der Waals surface area contributed by atoms with E-state index >= 15 is 0 Å². The van der Waals surface area contributed by atoms with Gasteiger partial charge in [-0.05, 0) is 0 Å². The molecule has 0 rings (SSSR count). The highest BCUT2D eigenvalue weighted by molar-refractivity contribution is 5.79. The molecule has 6 nitrogen and oxygen atoms in total. The Morgan fingerprint density at radius 3 is 2.07 bits per heavy atom. The SMILES string of the molecule is COC(=O)[C@H](COC(C)=O)OC(C)=O. The summed E-state index contributed by atoms with van der Waals surface area (Å²) in [5.41, 5.74) is 0. The van der Waals surface area contributed by atoms with E-state index in [0.29, 0.717) is 0 Å². The van der Waals surface area contributed by atoms with Crippen molar-refractivity contribution in [3.8, 4) is 0 Å². The smallest absolute Gasteiger partial charge is 0.350 e. The van der Waals surface area contributed by atoms with Gasteiger partial charge in [-0.3, -0.25) is 9.59 Å². The molecule has 0 aromatic carbocycles. The number of ether oxygens (including phenoxy) is 3. The third-order valence-corrected chi connectivity index (χ3v) is 1.21. The maximum absolute atomic E-state index is 11.0. The third kappa shape index (κ3) is 5.13. The summed E-state index contributed by atoms with van der Waals surface area (Å²) in [5, 5.41) is 0. The zero-order valence-electron chi connectivity index (χ0n) is 8.23. The summed E-state index contributed by atoms with van der Waals surface area (Å²) in [6.07, 6.45) is -1.19. The highest BCUT2D eigenvalue weighted by Crippen LogP contribution is 1.97. The summed E-state index contributed by atoms with van der Waals surface area (Å²) in [6.45, 7) is 1.99. The maximum Gasteiger partial charge on any atom is 0.350 e. The number of carbonyl (C=O) groups excluding carboxylic acids is 3. The second kappa shape index (κ2) is 5.95. The zero-order chi connectivity index (χ0) is 11.1. The molecule has 0 aliphatic heterocycles. The Kier molecular flexibility index (Phi) is 5.28. The van der Waals surface area contributed by atoms with Crippen molar-refractivity contribution in [1.29, 1.82) is 0 Å². The van der Waals surface area contributed by atoms with Crippen LogP contribution < -0.4 is 0 Å².